The molecule has 0 unspecified atom stereocenters. The van der Waals surface area contributed by atoms with E-state index in [9.17, 15) is 4.79 Å². The van der Waals surface area contributed by atoms with Gasteiger partial charge in [0.1, 0.15) is 0 Å². The van der Waals surface area contributed by atoms with Crippen LogP contribution in [-0.2, 0) is 0 Å². The fourth-order valence-electron chi connectivity index (χ4n) is 1.19. The first-order valence-electron chi connectivity index (χ1n) is 3.58. The molecule has 0 fully saturated rings. The van der Waals surface area contributed by atoms with Crippen LogP contribution in [0.25, 0.3) is 0 Å². The number of carbonyl (C=O) groups excluding carboxylic acids is 1. The van der Waals surface area contributed by atoms with Crippen LogP contribution in [0.15, 0.2) is 29.2 Å². The first kappa shape index (κ1) is 7.49. The van der Waals surface area contributed by atoms with Gasteiger partial charge in [0.05, 0.1) is 11.6 Å². The molecular formula is C8H8N2OS. The molecule has 1 heterocycles. The van der Waals surface area contributed by atoms with Crippen molar-refractivity contribution in [1.82, 2.24) is 0 Å². The fraction of sp³-hybridized carbons (Fsp3) is 0.125. The smallest absolute Gasteiger partial charge is 0.320 e. The van der Waals surface area contributed by atoms with Gasteiger partial charge in [-0.05, 0) is 12.1 Å². The van der Waals surface area contributed by atoms with Crippen LogP contribution in [0.3, 0.4) is 0 Å². The van der Waals surface area contributed by atoms with Crippen LogP contribution in [-0.4, -0.2) is 11.9 Å². The van der Waals surface area contributed by atoms with E-state index < -0.39 is 0 Å². The van der Waals surface area contributed by atoms with Crippen molar-refractivity contribution in [1.29, 1.82) is 0 Å². The summed E-state index contributed by atoms with van der Waals surface area (Å²) in [6, 6.07) is 7.37. The van der Waals surface area contributed by atoms with Crippen LogP contribution < -0.4 is 10.6 Å². The highest BCUT2D eigenvalue weighted by Crippen LogP contribution is 2.37. The van der Waals surface area contributed by atoms with Crippen molar-refractivity contribution in [3.05, 3.63) is 24.3 Å². The Hall–Kier alpha value is -1.16. The molecule has 62 valence electrons. The molecular weight excluding hydrogens is 172 g/mol. The summed E-state index contributed by atoms with van der Waals surface area (Å²) >= 11 is 1.63. The SMILES string of the molecule is NC(=O)N1CSc2ccccc21. The molecule has 1 aromatic carbocycles. The van der Waals surface area contributed by atoms with Crippen LogP contribution in [0, 0.1) is 0 Å². The van der Waals surface area contributed by atoms with Gasteiger partial charge < -0.3 is 5.73 Å². The first-order chi connectivity index (χ1) is 5.79. The van der Waals surface area contributed by atoms with Crippen molar-refractivity contribution >= 4 is 23.5 Å². The number of thioether (sulfide) groups is 1. The molecule has 0 aromatic heterocycles. The maximum Gasteiger partial charge on any atom is 0.320 e. The van der Waals surface area contributed by atoms with Gasteiger partial charge in [-0.2, -0.15) is 0 Å². The van der Waals surface area contributed by atoms with Crippen molar-refractivity contribution in [2.45, 2.75) is 4.90 Å². The highest BCUT2D eigenvalue weighted by molar-refractivity contribution is 8.00. The molecule has 1 aliphatic rings. The second-order valence-electron chi connectivity index (χ2n) is 2.51. The van der Waals surface area contributed by atoms with Crippen LogP contribution in [0.2, 0.25) is 0 Å². The summed E-state index contributed by atoms with van der Waals surface area (Å²) in [4.78, 5) is 13.6. The summed E-state index contributed by atoms with van der Waals surface area (Å²) in [5.74, 6) is 0.634. The highest BCUT2D eigenvalue weighted by Gasteiger charge is 2.22. The molecule has 0 atom stereocenters. The van der Waals surface area contributed by atoms with Crippen LogP contribution >= 0.6 is 11.8 Å². The monoisotopic (exact) mass is 180 g/mol. The number of primary amides is 1. The van der Waals surface area contributed by atoms with E-state index in [-0.39, 0.29) is 6.03 Å². The van der Waals surface area contributed by atoms with Crippen molar-refractivity contribution in [2.24, 2.45) is 5.73 Å². The number of hydrogen-bond acceptors (Lipinski definition) is 2. The minimum absolute atomic E-state index is 0.382. The molecule has 0 aliphatic carbocycles. The standard InChI is InChI=1S/C8H8N2OS/c9-8(11)10-5-12-7-4-2-1-3-6(7)10/h1-4H,5H2,(H2,9,11). The predicted molar refractivity (Wildman–Crippen MR) is 49.2 cm³/mol. The van der Waals surface area contributed by atoms with Gasteiger partial charge in [-0.25, -0.2) is 4.79 Å². The number of anilines is 1. The Morgan fingerprint density at radius 3 is 3.00 bits per heavy atom. The summed E-state index contributed by atoms with van der Waals surface area (Å²) in [6.45, 7) is 0. The zero-order chi connectivity index (χ0) is 8.55. The van der Waals surface area contributed by atoms with Gasteiger partial charge in [0, 0.05) is 4.90 Å². The van der Waals surface area contributed by atoms with Crippen molar-refractivity contribution < 1.29 is 4.79 Å². The quantitative estimate of drug-likeness (QED) is 0.659. The zero-order valence-corrected chi connectivity index (χ0v) is 7.17. The van der Waals surface area contributed by atoms with E-state index in [2.05, 4.69) is 0 Å². The maximum atomic E-state index is 10.9. The normalized spacial score (nSPS) is 14.5. The Bertz CT molecular complexity index is 327. The van der Waals surface area contributed by atoms with Gasteiger partial charge in [-0.1, -0.05) is 12.1 Å². The summed E-state index contributed by atoms with van der Waals surface area (Å²) in [7, 11) is 0. The Kier molecular flexibility index (Phi) is 1.69. The van der Waals surface area contributed by atoms with E-state index in [1.165, 1.54) is 0 Å². The lowest BCUT2D eigenvalue weighted by atomic mass is 10.3. The number of fused-ring (bicyclic) bond motifs is 1. The lowest BCUT2D eigenvalue weighted by Crippen LogP contribution is -2.33. The molecule has 0 saturated carbocycles. The van der Waals surface area contributed by atoms with E-state index in [1.807, 2.05) is 24.3 Å². The number of carbonyl (C=O) groups is 1. The molecule has 1 aliphatic heterocycles. The number of benzene rings is 1. The summed E-state index contributed by atoms with van der Waals surface area (Å²) in [5.41, 5.74) is 6.11. The minimum atomic E-state index is -0.382. The van der Waals surface area contributed by atoms with Gasteiger partial charge in [0.25, 0.3) is 0 Å². The van der Waals surface area contributed by atoms with Gasteiger partial charge in [-0.3, -0.25) is 4.90 Å². The molecule has 2 N–H and O–H groups in total. The van der Waals surface area contributed by atoms with E-state index in [0.717, 1.165) is 10.6 Å². The van der Waals surface area contributed by atoms with Gasteiger partial charge in [0.15, 0.2) is 0 Å². The minimum Gasteiger partial charge on any atom is -0.351 e. The van der Waals surface area contributed by atoms with E-state index in [1.54, 1.807) is 16.7 Å². The van der Waals surface area contributed by atoms with Crippen LogP contribution in [0.4, 0.5) is 10.5 Å². The molecule has 0 saturated heterocycles. The average Bonchev–Trinajstić information content (AvgIpc) is 2.47. The predicted octanol–water partition coefficient (Wildman–Crippen LogP) is 1.63. The summed E-state index contributed by atoms with van der Waals surface area (Å²) in [5, 5.41) is 0. The number of rotatable bonds is 0. The van der Waals surface area contributed by atoms with Crippen LogP contribution in [0.5, 0.6) is 0 Å². The lowest BCUT2D eigenvalue weighted by Gasteiger charge is -2.11. The van der Waals surface area contributed by atoms with Gasteiger partial charge in [-0.15, -0.1) is 11.8 Å². The lowest BCUT2D eigenvalue weighted by molar-refractivity contribution is 0.255. The molecule has 12 heavy (non-hydrogen) atoms. The Labute approximate surface area is 74.5 Å². The van der Waals surface area contributed by atoms with Crippen molar-refractivity contribution in [2.75, 3.05) is 10.8 Å². The summed E-state index contributed by atoms with van der Waals surface area (Å²) in [6.07, 6.45) is 0. The van der Waals surface area contributed by atoms with E-state index in [4.69, 9.17) is 5.73 Å². The molecule has 0 spiro atoms. The third-order valence-corrected chi connectivity index (χ3v) is 2.81. The molecule has 3 nitrogen and oxygen atoms in total. The maximum absolute atomic E-state index is 10.9. The van der Waals surface area contributed by atoms with Crippen molar-refractivity contribution in [3.8, 4) is 0 Å². The number of nitrogens with zero attached hydrogens (tertiary/aromatic N) is 1. The van der Waals surface area contributed by atoms with E-state index >= 15 is 0 Å². The molecule has 4 heteroatoms. The zero-order valence-electron chi connectivity index (χ0n) is 6.36. The van der Waals surface area contributed by atoms with Gasteiger partial charge in [0.2, 0.25) is 0 Å². The number of urea groups is 1. The Morgan fingerprint density at radius 1 is 1.50 bits per heavy atom. The van der Waals surface area contributed by atoms with Crippen LogP contribution in [0.1, 0.15) is 0 Å². The highest BCUT2D eigenvalue weighted by atomic mass is 32.2. The summed E-state index contributed by atoms with van der Waals surface area (Å²) < 4.78 is 0. The molecule has 2 rings (SSSR count). The average molecular weight is 180 g/mol. The Morgan fingerprint density at radius 2 is 2.25 bits per heavy atom. The molecule has 0 bridgehead atoms. The number of nitrogens with two attached hydrogens (primary N) is 1. The van der Waals surface area contributed by atoms with Gasteiger partial charge >= 0.3 is 6.03 Å². The Balaban J connectivity index is 2.42. The second-order valence-corrected chi connectivity index (χ2v) is 3.49. The first-order valence-corrected chi connectivity index (χ1v) is 4.56. The number of para-hydroxylation sites is 1. The largest absolute Gasteiger partial charge is 0.351 e. The second kappa shape index (κ2) is 2.71. The third-order valence-electron chi connectivity index (χ3n) is 1.77. The molecule has 1 aromatic rings. The topological polar surface area (TPSA) is 46.3 Å². The molecule has 0 radical (unpaired) electrons. The number of amides is 2. The number of hydrogen-bond donors (Lipinski definition) is 1. The van der Waals surface area contributed by atoms with E-state index in [0.29, 0.717) is 5.88 Å². The van der Waals surface area contributed by atoms with Crippen molar-refractivity contribution in [3.63, 3.8) is 0 Å². The fourth-order valence-corrected chi connectivity index (χ4v) is 2.22. The third kappa shape index (κ3) is 1.04. The molecule has 2 amide bonds.